The molecule has 0 aromatic carbocycles. The van der Waals surface area contributed by atoms with E-state index in [0.717, 1.165) is 12.8 Å². The quantitative estimate of drug-likeness (QED) is 0.713. The van der Waals surface area contributed by atoms with Gasteiger partial charge < -0.3 is 10.6 Å². The lowest BCUT2D eigenvalue weighted by molar-refractivity contribution is -0.134. The Hall–Kier alpha value is -0.580. The summed E-state index contributed by atoms with van der Waals surface area (Å²) in [6, 6.07) is 0. The maximum Gasteiger partial charge on any atom is 0.237 e. The number of amides is 2. The van der Waals surface area contributed by atoms with Crippen LogP contribution in [0.2, 0.25) is 0 Å². The van der Waals surface area contributed by atoms with Crippen LogP contribution in [0.4, 0.5) is 0 Å². The summed E-state index contributed by atoms with van der Waals surface area (Å²) in [5.74, 6) is -0.514. The maximum absolute atomic E-state index is 11.8. The highest BCUT2D eigenvalue weighted by Gasteiger charge is 2.21. The van der Waals surface area contributed by atoms with Gasteiger partial charge >= 0.3 is 0 Å². The van der Waals surface area contributed by atoms with Crippen LogP contribution in [0.3, 0.4) is 0 Å². The van der Waals surface area contributed by atoms with Crippen LogP contribution in [0, 0.1) is 0 Å². The van der Waals surface area contributed by atoms with Gasteiger partial charge in [-0.3, -0.25) is 9.59 Å². The second-order valence-electron chi connectivity index (χ2n) is 3.46. The van der Waals surface area contributed by atoms with E-state index in [9.17, 15) is 9.59 Å². The van der Waals surface area contributed by atoms with Crippen LogP contribution in [-0.2, 0) is 9.59 Å². The average molecular weight is 279 g/mol. The molecule has 0 heterocycles. The van der Waals surface area contributed by atoms with Crippen molar-refractivity contribution in [2.75, 3.05) is 13.1 Å². The molecule has 0 aromatic rings. The van der Waals surface area contributed by atoms with Gasteiger partial charge in [0, 0.05) is 6.54 Å². The molecule has 0 rings (SSSR count). The van der Waals surface area contributed by atoms with E-state index in [-0.39, 0.29) is 17.3 Å². The van der Waals surface area contributed by atoms with Crippen molar-refractivity contribution in [1.82, 2.24) is 4.90 Å². The predicted molar refractivity (Wildman–Crippen MR) is 63.7 cm³/mol. The van der Waals surface area contributed by atoms with Crippen molar-refractivity contribution in [3.8, 4) is 0 Å². The predicted octanol–water partition coefficient (Wildman–Crippen LogP) is 1.27. The van der Waals surface area contributed by atoms with E-state index in [4.69, 9.17) is 5.73 Å². The normalized spacial score (nSPS) is 12.2. The molecule has 0 spiro atoms. The van der Waals surface area contributed by atoms with E-state index >= 15 is 0 Å². The van der Waals surface area contributed by atoms with Crippen LogP contribution in [0.15, 0.2) is 0 Å². The first-order valence-corrected chi connectivity index (χ1v) is 6.15. The number of alkyl halides is 1. The van der Waals surface area contributed by atoms with Crippen molar-refractivity contribution >= 4 is 27.7 Å². The molecule has 0 saturated carbocycles. The molecule has 0 aromatic heterocycles. The summed E-state index contributed by atoms with van der Waals surface area (Å²) < 4.78 is 0. The fourth-order valence-electron chi connectivity index (χ4n) is 1.18. The zero-order valence-electron chi connectivity index (χ0n) is 9.33. The lowest BCUT2D eigenvalue weighted by Gasteiger charge is -2.23. The highest BCUT2D eigenvalue weighted by Crippen LogP contribution is 2.09. The number of nitrogens with two attached hydrogens (primary N) is 1. The van der Waals surface area contributed by atoms with Crippen molar-refractivity contribution in [2.24, 2.45) is 5.73 Å². The fraction of sp³-hybridized carbons (Fsp3) is 0.800. The van der Waals surface area contributed by atoms with Crippen molar-refractivity contribution < 1.29 is 9.59 Å². The number of nitrogens with zero attached hydrogens (tertiary/aromatic N) is 1. The summed E-state index contributed by atoms with van der Waals surface area (Å²) in [6.07, 6.45) is 2.59. The van der Waals surface area contributed by atoms with Crippen LogP contribution in [-0.4, -0.2) is 34.6 Å². The standard InChI is InChI=1S/C10H19BrN2O2/c1-3-5-6-13(7-9(12)14)10(15)8(11)4-2/h8H,3-7H2,1-2H3,(H2,12,14). The zero-order chi connectivity index (χ0) is 11.8. The minimum absolute atomic E-state index is 0.0148. The number of carbonyl (C=O) groups excluding carboxylic acids is 2. The Morgan fingerprint density at radius 1 is 1.40 bits per heavy atom. The van der Waals surface area contributed by atoms with E-state index < -0.39 is 5.91 Å². The number of hydrogen-bond acceptors (Lipinski definition) is 2. The minimum Gasteiger partial charge on any atom is -0.368 e. The molecule has 2 amide bonds. The molecular weight excluding hydrogens is 260 g/mol. The lowest BCUT2D eigenvalue weighted by atomic mass is 10.2. The van der Waals surface area contributed by atoms with Gasteiger partial charge in [0.2, 0.25) is 11.8 Å². The van der Waals surface area contributed by atoms with Gasteiger partial charge in [-0.15, -0.1) is 0 Å². The molecule has 88 valence electrons. The largest absolute Gasteiger partial charge is 0.368 e. The molecular formula is C10H19BrN2O2. The molecule has 0 fully saturated rings. The second kappa shape index (κ2) is 7.68. The molecule has 0 saturated heterocycles. The van der Waals surface area contributed by atoms with E-state index in [1.807, 2.05) is 13.8 Å². The number of carbonyl (C=O) groups is 2. The second-order valence-corrected chi connectivity index (χ2v) is 4.56. The Kier molecular flexibility index (Phi) is 7.38. The topological polar surface area (TPSA) is 63.4 Å². The summed E-state index contributed by atoms with van der Waals surface area (Å²) in [6.45, 7) is 4.57. The van der Waals surface area contributed by atoms with Crippen LogP contribution < -0.4 is 5.73 Å². The van der Waals surface area contributed by atoms with Crippen LogP contribution >= 0.6 is 15.9 Å². The molecule has 2 N–H and O–H groups in total. The van der Waals surface area contributed by atoms with Crippen LogP contribution in [0.5, 0.6) is 0 Å². The number of unbranched alkanes of at least 4 members (excludes halogenated alkanes) is 1. The average Bonchev–Trinajstić information content (AvgIpc) is 2.21. The Balaban J connectivity index is 4.32. The Morgan fingerprint density at radius 2 is 2.00 bits per heavy atom. The van der Waals surface area contributed by atoms with E-state index in [0.29, 0.717) is 13.0 Å². The lowest BCUT2D eigenvalue weighted by Crippen LogP contribution is -2.42. The van der Waals surface area contributed by atoms with Crippen molar-refractivity contribution in [1.29, 1.82) is 0 Å². The molecule has 4 nitrogen and oxygen atoms in total. The van der Waals surface area contributed by atoms with Crippen LogP contribution in [0.1, 0.15) is 33.1 Å². The maximum atomic E-state index is 11.8. The summed E-state index contributed by atoms with van der Waals surface area (Å²) in [5.41, 5.74) is 5.10. The SMILES string of the molecule is CCCCN(CC(N)=O)C(=O)C(Br)CC. The Bertz CT molecular complexity index is 221. The van der Waals surface area contributed by atoms with Gasteiger partial charge in [-0.1, -0.05) is 36.2 Å². The van der Waals surface area contributed by atoms with E-state index in [1.165, 1.54) is 4.90 Å². The van der Waals surface area contributed by atoms with Gasteiger partial charge in [0.15, 0.2) is 0 Å². The summed E-state index contributed by atoms with van der Waals surface area (Å²) >= 11 is 3.28. The Labute approximate surface area is 99.3 Å². The number of hydrogen-bond donors (Lipinski definition) is 1. The smallest absolute Gasteiger partial charge is 0.237 e. The number of rotatable bonds is 7. The third-order valence-electron chi connectivity index (χ3n) is 2.07. The van der Waals surface area contributed by atoms with Crippen molar-refractivity contribution in [3.05, 3.63) is 0 Å². The fourth-order valence-corrected chi connectivity index (χ4v) is 1.47. The summed E-state index contributed by atoms with van der Waals surface area (Å²) in [7, 11) is 0. The van der Waals surface area contributed by atoms with Gasteiger partial charge in [-0.25, -0.2) is 0 Å². The Morgan fingerprint density at radius 3 is 2.40 bits per heavy atom. The number of halogens is 1. The van der Waals surface area contributed by atoms with Crippen molar-refractivity contribution in [2.45, 2.75) is 37.9 Å². The highest BCUT2D eigenvalue weighted by atomic mass is 79.9. The monoisotopic (exact) mass is 278 g/mol. The third-order valence-corrected chi connectivity index (χ3v) is 3.11. The minimum atomic E-state index is -0.463. The third kappa shape index (κ3) is 5.77. The molecule has 15 heavy (non-hydrogen) atoms. The molecule has 0 aliphatic heterocycles. The van der Waals surface area contributed by atoms with Gasteiger partial charge in [0.05, 0.1) is 11.4 Å². The van der Waals surface area contributed by atoms with Gasteiger partial charge in [-0.2, -0.15) is 0 Å². The molecule has 0 aliphatic carbocycles. The molecule has 5 heteroatoms. The first-order valence-electron chi connectivity index (χ1n) is 5.24. The van der Waals surface area contributed by atoms with Crippen LogP contribution in [0.25, 0.3) is 0 Å². The summed E-state index contributed by atoms with van der Waals surface area (Å²) in [4.78, 5) is 23.9. The van der Waals surface area contributed by atoms with Crippen molar-refractivity contribution in [3.63, 3.8) is 0 Å². The molecule has 1 atom stereocenters. The van der Waals surface area contributed by atoms with Gasteiger partial charge in [-0.05, 0) is 12.8 Å². The molecule has 0 bridgehead atoms. The van der Waals surface area contributed by atoms with Gasteiger partial charge in [0.25, 0.3) is 0 Å². The van der Waals surface area contributed by atoms with E-state index in [1.54, 1.807) is 0 Å². The van der Waals surface area contributed by atoms with Gasteiger partial charge in [0.1, 0.15) is 0 Å². The summed E-state index contributed by atoms with van der Waals surface area (Å²) in [5, 5.41) is 0. The highest BCUT2D eigenvalue weighted by molar-refractivity contribution is 9.10. The first kappa shape index (κ1) is 14.4. The zero-order valence-corrected chi connectivity index (χ0v) is 10.9. The van der Waals surface area contributed by atoms with E-state index in [2.05, 4.69) is 15.9 Å². The molecule has 0 aliphatic rings. The first-order chi connectivity index (χ1) is 7.02. The molecule has 0 radical (unpaired) electrons. The molecule has 1 unspecified atom stereocenters. The number of primary amides is 1.